The smallest absolute Gasteiger partial charge is 0.119 e. The highest BCUT2D eigenvalue weighted by Gasteiger charge is 2.39. The minimum Gasteiger partial charge on any atom is -0.489 e. The summed E-state index contributed by atoms with van der Waals surface area (Å²) in [6.45, 7) is 4.84. The molecule has 1 aliphatic carbocycles. The van der Waals surface area contributed by atoms with Crippen molar-refractivity contribution >= 4 is 17.3 Å². The van der Waals surface area contributed by atoms with Gasteiger partial charge in [0.15, 0.2) is 0 Å². The molecule has 1 heterocycles. The van der Waals surface area contributed by atoms with E-state index in [1.54, 1.807) is 0 Å². The summed E-state index contributed by atoms with van der Waals surface area (Å²) >= 11 is 6.60. The number of rotatable bonds is 4. The second-order valence-electron chi connectivity index (χ2n) is 8.47. The van der Waals surface area contributed by atoms with Gasteiger partial charge in [-0.1, -0.05) is 71.8 Å². The molecule has 0 spiro atoms. The van der Waals surface area contributed by atoms with Gasteiger partial charge in [0.05, 0.1) is 6.04 Å². The van der Waals surface area contributed by atoms with Crippen molar-refractivity contribution in [1.82, 2.24) is 0 Å². The van der Waals surface area contributed by atoms with Crippen LogP contribution in [0.15, 0.2) is 72.8 Å². The minimum absolute atomic E-state index is 0.265. The number of anilines is 1. The fourth-order valence-corrected chi connectivity index (χ4v) is 5.04. The van der Waals surface area contributed by atoms with Crippen molar-refractivity contribution < 1.29 is 4.74 Å². The Morgan fingerprint density at radius 3 is 2.50 bits per heavy atom. The van der Waals surface area contributed by atoms with Crippen LogP contribution in [-0.2, 0) is 6.61 Å². The van der Waals surface area contributed by atoms with Gasteiger partial charge >= 0.3 is 0 Å². The fraction of sp³-hybridized carbons (Fsp3) is 0.259. The molecule has 3 aromatic carbocycles. The summed E-state index contributed by atoms with van der Waals surface area (Å²) in [7, 11) is 0. The van der Waals surface area contributed by atoms with Gasteiger partial charge in [-0.3, -0.25) is 0 Å². The predicted molar refractivity (Wildman–Crippen MR) is 124 cm³/mol. The third-order valence-corrected chi connectivity index (χ3v) is 6.77. The van der Waals surface area contributed by atoms with Crippen LogP contribution in [0.4, 0.5) is 5.69 Å². The number of halogens is 1. The molecule has 0 bridgehead atoms. The van der Waals surface area contributed by atoms with Gasteiger partial charge in [0.1, 0.15) is 12.4 Å². The van der Waals surface area contributed by atoms with Crippen LogP contribution in [-0.4, -0.2) is 0 Å². The van der Waals surface area contributed by atoms with Gasteiger partial charge < -0.3 is 10.1 Å². The zero-order chi connectivity index (χ0) is 20.7. The molecule has 0 unspecified atom stereocenters. The van der Waals surface area contributed by atoms with Crippen LogP contribution in [0.5, 0.6) is 5.75 Å². The number of aryl methyl sites for hydroxylation is 2. The lowest BCUT2D eigenvalue weighted by atomic mass is 9.76. The van der Waals surface area contributed by atoms with E-state index in [0.717, 1.165) is 17.2 Å². The summed E-state index contributed by atoms with van der Waals surface area (Å²) in [5, 5.41) is 4.67. The maximum absolute atomic E-state index is 6.60. The monoisotopic (exact) mass is 415 g/mol. The average Bonchev–Trinajstić information content (AvgIpc) is 3.25. The maximum Gasteiger partial charge on any atom is 0.119 e. The van der Waals surface area contributed by atoms with E-state index in [2.05, 4.69) is 85.9 Å². The summed E-state index contributed by atoms with van der Waals surface area (Å²) < 4.78 is 6.00. The molecule has 0 amide bonds. The van der Waals surface area contributed by atoms with E-state index in [4.69, 9.17) is 16.3 Å². The van der Waals surface area contributed by atoms with E-state index in [-0.39, 0.29) is 6.04 Å². The van der Waals surface area contributed by atoms with E-state index in [1.165, 1.54) is 33.5 Å². The lowest BCUT2D eigenvalue weighted by Gasteiger charge is -2.38. The van der Waals surface area contributed by atoms with Crippen LogP contribution in [0.2, 0.25) is 5.02 Å². The van der Waals surface area contributed by atoms with E-state index >= 15 is 0 Å². The minimum atomic E-state index is 0.265. The molecule has 152 valence electrons. The molecule has 3 heteroatoms. The third-order valence-electron chi connectivity index (χ3n) is 6.44. The van der Waals surface area contributed by atoms with Gasteiger partial charge in [-0.2, -0.15) is 0 Å². The Morgan fingerprint density at radius 1 is 0.967 bits per heavy atom. The molecule has 0 aromatic heterocycles. The first-order valence-electron chi connectivity index (χ1n) is 10.6. The SMILES string of the molecule is Cc1ccc(COc2ccc([C@@H]3Nc4c(C)ccc(Cl)c4[C@@H]4C=CC[C@@H]43)cc2)cc1. The highest BCUT2D eigenvalue weighted by Crippen LogP contribution is 2.52. The Labute approximate surface area is 183 Å². The number of fused-ring (bicyclic) bond motifs is 3. The molecule has 0 fully saturated rings. The van der Waals surface area contributed by atoms with Gasteiger partial charge in [-0.25, -0.2) is 0 Å². The second-order valence-corrected chi connectivity index (χ2v) is 8.88. The highest BCUT2D eigenvalue weighted by atomic mass is 35.5. The van der Waals surface area contributed by atoms with Gasteiger partial charge in [0, 0.05) is 22.2 Å². The summed E-state index contributed by atoms with van der Waals surface area (Å²) in [6, 6.07) is 21.4. The fourth-order valence-electron chi connectivity index (χ4n) is 4.76. The molecule has 5 rings (SSSR count). The molecule has 1 N–H and O–H groups in total. The molecular weight excluding hydrogens is 390 g/mol. The van der Waals surface area contributed by atoms with E-state index in [1.807, 2.05) is 6.07 Å². The van der Waals surface area contributed by atoms with Crippen LogP contribution in [0.3, 0.4) is 0 Å². The zero-order valence-corrected chi connectivity index (χ0v) is 18.1. The Balaban J connectivity index is 1.36. The van der Waals surface area contributed by atoms with Gasteiger partial charge in [0.2, 0.25) is 0 Å². The lowest BCUT2D eigenvalue weighted by molar-refractivity contribution is 0.306. The van der Waals surface area contributed by atoms with Crippen molar-refractivity contribution in [3.63, 3.8) is 0 Å². The molecule has 3 aromatic rings. The average molecular weight is 416 g/mol. The van der Waals surface area contributed by atoms with Crippen LogP contribution in [0, 0.1) is 19.8 Å². The lowest BCUT2D eigenvalue weighted by Crippen LogP contribution is -2.29. The highest BCUT2D eigenvalue weighted by molar-refractivity contribution is 6.32. The van der Waals surface area contributed by atoms with Crippen molar-refractivity contribution in [2.45, 2.75) is 38.8 Å². The summed E-state index contributed by atoms with van der Waals surface area (Å²) in [5.41, 5.74) is 7.44. The summed E-state index contributed by atoms with van der Waals surface area (Å²) in [4.78, 5) is 0. The Morgan fingerprint density at radius 2 is 1.73 bits per heavy atom. The molecule has 2 aliphatic rings. The first-order chi connectivity index (χ1) is 14.6. The van der Waals surface area contributed by atoms with Crippen molar-refractivity contribution in [3.05, 3.63) is 106 Å². The van der Waals surface area contributed by atoms with E-state index in [0.29, 0.717) is 18.4 Å². The molecule has 0 radical (unpaired) electrons. The quantitative estimate of drug-likeness (QED) is 0.449. The Hall–Kier alpha value is -2.71. The normalized spacial score (nSPS) is 21.6. The third kappa shape index (κ3) is 3.50. The number of ether oxygens (including phenoxy) is 1. The van der Waals surface area contributed by atoms with Crippen LogP contribution in [0.1, 0.15) is 46.2 Å². The van der Waals surface area contributed by atoms with Crippen molar-refractivity contribution in [2.75, 3.05) is 5.32 Å². The van der Waals surface area contributed by atoms with Gasteiger partial charge in [0.25, 0.3) is 0 Å². The van der Waals surface area contributed by atoms with Crippen molar-refractivity contribution in [2.24, 2.45) is 5.92 Å². The van der Waals surface area contributed by atoms with Crippen molar-refractivity contribution in [1.29, 1.82) is 0 Å². The molecule has 1 aliphatic heterocycles. The van der Waals surface area contributed by atoms with Crippen LogP contribution >= 0.6 is 11.6 Å². The van der Waals surface area contributed by atoms with E-state index < -0.39 is 0 Å². The Kier molecular flexibility index (Phi) is 5.04. The predicted octanol–water partition coefficient (Wildman–Crippen LogP) is 7.36. The molecule has 30 heavy (non-hydrogen) atoms. The number of hydrogen-bond acceptors (Lipinski definition) is 2. The van der Waals surface area contributed by atoms with E-state index in [9.17, 15) is 0 Å². The zero-order valence-electron chi connectivity index (χ0n) is 17.4. The summed E-state index contributed by atoms with van der Waals surface area (Å²) in [6.07, 6.45) is 5.70. The number of nitrogens with one attached hydrogen (secondary N) is 1. The van der Waals surface area contributed by atoms with Crippen molar-refractivity contribution in [3.8, 4) is 5.75 Å². The van der Waals surface area contributed by atoms with Crippen LogP contribution < -0.4 is 10.1 Å². The molecular formula is C27H26ClNO. The second kappa shape index (κ2) is 7.85. The van der Waals surface area contributed by atoms with Gasteiger partial charge in [-0.05, 0) is 61.1 Å². The van der Waals surface area contributed by atoms with Gasteiger partial charge in [-0.15, -0.1) is 0 Å². The molecule has 0 saturated carbocycles. The first-order valence-corrected chi connectivity index (χ1v) is 11.0. The molecule has 2 nitrogen and oxygen atoms in total. The number of allylic oxidation sites excluding steroid dienone is 2. The molecule has 3 atom stereocenters. The largest absolute Gasteiger partial charge is 0.489 e. The topological polar surface area (TPSA) is 21.3 Å². The number of hydrogen-bond donors (Lipinski definition) is 1. The number of benzene rings is 3. The maximum atomic E-state index is 6.60. The molecule has 0 saturated heterocycles. The first kappa shape index (κ1) is 19.3. The Bertz CT molecular complexity index is 1090. The van der Waals surface area contributed by atoms with Crippen LogP contribution in [0.25, 0.3) is 0 Å². The summed E-state index contributed by atoms with van der Waals surface area (Å²) in [5.74, 6) is 1.75. The standard InChI is InChI=1S/C27H26ClNO/c1-17-6-9-19(10-7-17)16-30-21-13-11-20(12-14-21)27-23-5-3-4-22(23)25-24(28)15-8-18(2)26(25)29-27/h3-4,6-15,22-23,27,29H,5,16H2,1-2H3/t22-,23+,27+/m1/s1.